The molecule has 1 aromatic heterocycles. The van der Waals surface area contributed by atoms with E-state index < -0.39 is 11.4 Å². The largest absolute Gasteiger partial charge is 0.591 e. The summed E-state index contributed by atoms with van der Waals surface area (Å²) in [5, 5.41) is 0. The van der Waals surface area contributed by atoms with Gasteiger partial charge in [-0.25, -0.2) is 4.98 Å². The smallest absolute Gasteiger partial charge is 0.144 e. The minimum Gasteiger partial charge on any atom is -0.591 e. The number of hydrogen-bond acceptors (Lipinski definition) is 3. The van der Waals surface area contributed by atoms with E-state index in [9.17, 15) is 4.55 Å². The van der Waals surface area contributed by atoms with Crippen LogP contribution < -0.4 is 0 Å². The third kappa shape index (κ3) is 4.41. The molecule has 1 unspecified atom stereocenters. The summed E-state index contributed by atoms with van der Waals surface area (Å²) in [6.07, 6.45) is 2.48. The molecule has 0 radical (unpaired) electrons. The van der Waals surface area contributed by atoms with Crippen LogP contribution in [0.1, 0.15) is 39.7 Å². The summed E-state index contributed by atoms with van der Waals surface area (Å²) >= 11 is 2.06. The van der Waals surface area contributed by atoms with Crippen LogP contribution >= 0.6 is 15.9 Å². The normalized spacial score (nSPS) is 14.8. The molecule has 0 aliphatic heterocycles. The van der Waals surface area contributed by atoms with Crippen LogP contribution in [0.5, 0.6) is 0 Å². The molecular weight excluding hydrogens is 300 g/mol. The Bertz CT molecular complexity index is 398. The highest BCUT2D eigenvalue weighted by Crippen LogP contribution is 2.19. The Balaban J connectivity index is 2.99. The molecule has 3 nitrogen and oxygen atoms in total. The van der Waals surface area contributed by atoms with E-state index in [4.69, 9.17) is 0 Å². The zero-order valence-electron chi connectivity index (χ0n) is 10.5. The van der Waals surface area contributed by atoms with Crippen molar-refractivity contribution in [2.45, 2.75) is 38.9 Å². The molecule has 1 atom stereocenters. The van der Waals surface area contributed by atoms with Crippen LogP contribution in [0.2, 0.25) is 0 Å². The Morgan fingerprint density at radius 1 is 1.47 bits per heavy atom. The van der Waals surface area contributed by atoms with Gasteiger partial charge >= 0.3 is 0 Å². The summed E-state index contributed by atoms with van der Waals surface area (Å²) in [5.74, 6) is 0. The average Bonchev–Trinajstić information content (AvgIpc) is 2.25. The van der Waals surface area contributed by atoms with Gasteiger partial charge in [-0.3, -0.25) is 0 Å². The van der Waals surface area contributed by atoms with E-state index in [0.29, 0.717) is 0 Å². The first-order valence-electron chi connectivity index (χ1n) is 5.46. The van der Waals surface area contributed by atoms with Crippen molar-refractivity contribution in [2.75, 3.05) is 0 Å². The third-order valence-electron chi connectivity index (χ3n) is 2.11. The number of pyridine rings is 1. The number of halogens is 1. The van der Waals surface area contributed by atoms with Crippen molar-refractivity contribution in [1.29, 1.82) is 0 Å². The fourth-order valence-corrected chi connectivity index (χ4v) is 2.05. The zero-order valence-corrected chi connectivity index (χ0v) is 12.9. The monoisotopic (exact) mass is 316 g/mol. The van der Waals surface area contributed by atoms with Gasteiger partial charge in [0.1, 0.15) is 20.7 Å². The summed E-state index contributed by atoms with van der Waals surface area (Å²) < 4.78 is 16.7. The fraction of sp³-hybridized carbons (Fsp3) is 0.500. The first-order valence-corrected chi connectivity index (χ1v) is 7.36. The molecule has 0 amide bonds. The maximum Gasteiger partial charge on any atom is 0.144 e. The standard InChI is InChI=1S/C12H17BrN2OS/c1-5-10(15-17(16)12(2,3)4)9-6-7-11(13)14-8-9/h6-8H,5H2,1-4H3/b15-10+. The van der Waals surface area contributed by atoms with E-state index in [2.05, 4.69) is 25.3 Å². The van der Waals surface area contributed by atoms with Gasteiger partial charge in [0.05, 0.1) is 5.71 Å². The Labute approximate surface area is 114 Å². The predicted molar refractivity (Wildman–Crippen MR) is 76.7 cm³/mol. The van der Waals surface area contributed by atoms with Crippen molar-refractivity contribution < 1.29 is 4.55 Å². The lowest BCUT2D eigenvalue weighted by Crippen LogP contribution is -2.27. The first-order chi connectivity index (χ1) is 7.84. The highest BCUT2D eigenvalue weighted by Gasteiger charge is 2.27. The average molecular weight is 317 g/mol. The van der Waals surface area contributed by atoms with Gasteiger partial charge in [-0.15, -0.1) is 0 Å². The highest BCUT2D eigenvalue weighted by molar-refractivity contribution is 9.10. The van der Waals surface area contributed by atoms with Crippen molar-refractivity contribution in [3.05, 3.63) is 28.5 Å². The van der Waals surface area contributed by atoms with Crippen LogP contribution in [-0.4, -0.2) is 20.0 Å². The summed E-state index contributed by atoms with van der Waals surface area (Å²) in [7, 11) is 0. The molecule has 0 bridgehead atoms. The molecule has 0 fully saturated rings. The van der Waals surface area contributed by atoms with E-state index in [1.807, 2.05) is 39.8 Å². The van der Waals surface area contributed by atoms with Gasteiger partial charge < -0.3 is 4.55 Å². The second-order valence-electron chi connectivity index (χ2n) is 4.62. The topological polar surface area (TPSA) is 48.3 Å². The number of nitrogens with zero attached hydrogens (tertiary/aromatic N) is 2. The van der Waals surface area contributed by atoms with Crippen LogP contribution in [0.25, 0.3) is 0 Å². The molecule has 0 N–H and O–H groups in total. The van der Waals surface area contributed by atoms with Gasteiger partial charge in [0.15, 0.2) is 0 Å². The quantitative estimate of drug-likeness (QED) is 0.487. The van der Waals surface area contributed by atoms with Gasteiger partial charge in [-0.05, 0) is 55.3 Å². The minimum atomic E-state index is -1.22. The highest BCUT2D eigenvalue weighted by atomic mass is 79.9. The van der Waals surface area contributed by atoms with E-state index in [1.165, 1.54) is 0 Å². The Hall–Kier alpha value is -0.390. The molecule has 0 aliphatic carbocycles. The van der Waals surface area contributed by atoms with Gasteiger partial charge in [-0.2, -0.15) is 0 Å². The van der Waals surface area contributed by atoms with Crippen molar-refractivity contribution in [3.63, 3.8) is 0 Å². The Kier molecular flexibility index (Phi) is 5.16. The minimum absolute atomic E-state index is 0.330. The summed E-state index contributed by atoms with van der Waals surface area (Å²) in [4.78, 5) is 4.15. The van der Waals surface area contributed by atoms with E-state index in [0.717, 1.165) is 22.3 Å². The molecule has 17 heavy (non-hydrogen) atoms. The van der Waals surface area contributed by atoms with Crippen LogP contribution in [0.3, 0.4) is 0 Å². The predicted octanol–water partition coefficient (Wildman–Crippen LogP) is 3.51. The second-order valence-corrected chi connectivity index (χ2v) is 7.34. The molecule has 0 aromatic carbocycles. The van der Waals surface area contributed by atoms with Gasteiger partial charge in [0, 0.05) is 11.8 Å². The van der Waals surface area contributed by atoms with Crippen molar-refractivity contribution >= 4 is 33.0 Å². The van der Waals surface area contributed by atoms with Gasteiger partial charge in [0.25, 0.3) is 0 Å². The van der Waals surface area contributed by atoms with Crippen LogP contribution in [0.4, 0.5) is 0 Å². The fourth-order valence-electron chi connectivity index (χ4n) is 1.10. The third-order valence-corrected chi connectivity index (χ3v) is 4.02. The maximum absolute atomic E-state index is 12.0. The number of hydrogen-bond donors (Lipinski definition) is 0. The van der Waals surface area contributed by atoms with Crippen molar-refractivity contribution in [2.24, 2.45) is 4.40 Å². The summed E-state index contributed by atoms with van der Waals surface area (Å²) in [5.41, 5.74) is 1.76. The summed E-state index contributed by atoms with van der Waals surface area (Å²) in [6.45, 7) is 7.75. The maximum atomic E-state index is 12.0. The molecule has 94 valence electrons. The molecule has 0 spiro atoms. The van der Waals surface area contributed by atoms with Crippen LogP contribution in [-0.2, 0) is 11.4 Å². The lowest BCUT2D eigenvalue weighted by molar-refractivity contribution is 0.561. The Morgan fingerprint density at radius 2 is 2.12 bits per heavy atom. The van der Waals surface area contributed by atoms with Gasteiger partial charge in [-0.1, -0.05) is 11.3 Å². The van der Waals surface area contributed by atoms with Crippen molar-refractivity contribution in [1.82, 2.24) is 4.98 Å². The van der Waals surface area contributed by atoms with Gasteiger partial charge in [0.2, 0.25) is 0 Å². The molecule has 0 saturated carbocycles. The summed E-state index contributed by atoms with van der Waals surface area (Å²) in [6, 6.07) is 3.79. The van der Waals surface area contributed by atoms with Crippen molar-refractivity contribution in [3.8, 4) is 0 Å². The van der Waals surface area contributed by atoms with E-state index in [-0.39, 0.29) is 4.75 Å². The van der Waals surface area contributed by atoms with E-state index >= 15 is 0 Å². The molecule has 1 aromatic rings. The van der Waals surface area contributed by atoms with E-state index in [1.54, 1.807) is 6.20 Å². The lowest BCUT2D eigenvalue weighted by Gasteiger charge is -2.19. The molecule has 0 saturated heterocycles. The molecule has 0 aliphatic rings. The zero-order chi connectivity index (χ0) is 13.1. The molecule has 1 heterocycles. The number of aromatic nitrogens is 1. The lowest BCUT2D eigenvalue weighted by atomic mass is 10.1. The SMILES string of the molecule is CC/C(=N\[S+]([O-])C(C)(C)C)c1ccc(Br)nc1. The van der Waals surface area contributed by atoms with Crippen LogP contribution in [0.15, 0.2) is 27.3 Å². The number of rotatable bonds is 3. The second kappa shape index (κ2) is 5.98. The molecular formula is C12H17BrN2OS. The Morgan fingerprint density at radius 3 is 2.53 bits per heavy atom. The van der Waals surface area contributed by atoms with Crippen LogP contribution in [0, 0.1) is 0 Å². The molecule has 5 heteroatoms. The molecule has 1 rings (SSSR count). The first kappa shape index (κ1) is 14.7.